The second-order valence-corrected chi connectivity index (χ2v) is 4.99. The minimum absolute atomic E-state index is 0.795. The largest absolute Gasteiger partial charge is 0.304 e. The fourth-order valence-electron chi connectivity index (χ4n) is 1.75. The maximum atomic E-state index is 8.73. The van der Waals surface area contributed by atoms with Crippen molar-refractivity contribution < 1.29 is 0 Å². The van der Waals surface area contributed by atoms with Crippen molar-refractivity contribution in [3.8, 4) is 6.07 Å². The average Bonchev–Trinajstić information content (AvgIpc) is 2.69. The predicted octanol–water partition coefficient (Wildman–Crippen LogP) is 1.37. The summed E-state index contributed by atoms with van der Waals surface area (Å²) in [6.07, 6.45) is 0. The third-order valence-corrected chi connectivity index (χ3v) is 3.68. The molecule has 3 nitrogen and oxygen atoms in total. The first-order chi connectivity index (χ1) is 7.28. The van der Waals surface area contributed by atoms with Gasteiger partial charge in [-0.05, 0) is 13.1 Å². The van der Waals surface area contributed by atoms with Gasteiger partial charge in [-0.1, -0.05) is 0 Å². The summed E-state index contributed by atoms with van der Waals surface area (Å²) in [6.45, 7) is 5.57. The van der Waals surface area contributed by atoms with Gasteiger partial charge in [0.2, 0.25) is 0 Å². The van der Waals surface area contributed by atoms with Gasteiger partial charge in [0.15, 0.2) is 0 Å². The Kier molecular flexibility index (Phi) is 3.37. The lowest BCUT2D eigenvalue weighted by Gasteiger charge is -2.31. The van der Waals surface area contributed by atoms with Crippen molar-refractivity contribution in [2.75, 3.05) is 33.2 Å². The number of nitrogens with zero attached hydrogens (tertiary/aromatic N) is 3. The summed E-state index contributed by atoms with van der Waals surface area (Å²) in [4.78, 5) is 6.11. The van der Waals surface area contributed by atoms with Gasteiger partial charge < -0.3 is 4.90 Å². The van der Waals surface area contributed by atoms with Crippen LogP contribution in [0.5, 0.6) is 0 Å². The zero-order valence-corrected chi connectivity index (χ0v) is 9.76. The highest BCUT2D eigenvalue weighted by Gasteiger charge is 2.14. The molecule has 0 saturated carbocycles. The molecule has 1 fully saturated rings. The lowest BCUT2D eigenvalue weighted by atomic mass is 10.3. The number of nitriles is 1. The van der Waals surface area contributed by atoms with Gasteiger partial charge in [0.05, 0.1) is 5.56 Å². The molecule has 2 heterocycles. The molecule has 0 aromatic carbocycles. The van der Waals surface area contributed by atoms with Gasteiger partial charge in [-0.3, -0.25) is 4.90 Å². The number of hydrogen-bond acceptors (Lipinski definition) is 4. The van der Waals surface area contributed by atoms with Gasteiger partial charge in [-0.2, -0.15) is 5.26 Å². The normalized spacial score (nSPS) is 18.9. The molecule has 1 saturated heterocycles. The summed E-state index contributed by atoms with van der Waals surface area (Å²) < 4.78 is 0. The van der Waals surface area contributed by atoms with E-state index in [1.807, 2.05) is 11.4 Å². The van der Waals surface area contributed by atoms with Crippen LogP contribution in [0.4, 0.5) is 0 Å². The van der Waals surface area contributed by atoms with E-state index in [4.69, 9.17) is 5.26 Å². The highest BCUT2D eigenvalue weighted by atomic mass is 32.1. The molecule has 0 aliphatic carbocycles. The number of thiophene rings is 1. The molecule has 0 spiro atoms. The number of piperazine rings is 1. The first kappa shape index (κ1) is 10.6. The smallest absolute Gasteiger partial charge is 0.100 e. The lowest BCUT2D eigenvalue weighted by molar-refractivity contribution is 0.149. The fraction of sp³-hybridized carbons (Fsp3) is 0.545. The second kappa shape index (κ2) is 4.75. The van der Waals surface area contributed by atoms with Crippen LogP contribution in [0.1, 0.15) is 10.4 Å². The molecule has 0 N–H and O–H groups in total. The third-order valence-electron chi connectivity index (χ3n) is 2.76. The van der Waals surface area contributed by atoms with Crippen LogP contribution in [-0.2, 0) is 6.54 Å². The van der Waals surface area contributed by atoms with Gasteiger partial charge in [0, 0.05) is 43.0 Å². The molecule has 2 rings (SSSR count). The molecule has 1 aliphatic heterocycles. The van der Waals surface area contributed by atoms with Crippen LogP contribution in [0.25, 0.3) is 0 Å². The van der Waals surface area contributed by atoms with Crippen molar-refractivity contribution in [2.45, 2.75) is 6.54 Å². The van der Waals surface area contributed by atoms with E-state index in [1.165, 1.54) is 4.88 Å². The van der Waals surface area contributed by atoms with E-state index in [-0.39, 0.29) is 0 Å². The Bertz CT molecular complexity index is 358. The average molecular weight is 221 g/mol. The van der Waals surface area contributed by atoms with E-state index >= 15 is 0 Å². The van der Waals surface area contributed by atoms with E-state index in [9.17, 15) is 0 Å². The standard InChI is InChI=1S/C11H15N3S/c1-13-2-4-14(5-3-13)8-11-6-10(7-12)9-15-11/h6,9H,2-5,8H2,1H3. The first-order valence-corrected chi connectivity index (χ1v) is 6.04. The Hall–Kier alpha value is -0.890. The molecule has 4 heteroatoms. The Labute approximate surface area is 94.5 Å². The Balaban J connectivity index is 1.89. The second-order valence-electron chi connectivity index (χ2n) is 3.99. The molecule has 1 aromatic heterocycles. The van der Waals surface area contributed by atoms with Crippen molar-refractivity contribution >= 4 is 11.3 Å². The van der Waals surface area contributed by atoms with Crippen molar-refractivity contribution in [2.24, 2.45) is 0 Å². The molecule has 80 valence electrons. The summed E-state index contributed by atoms with van der Waals surface area (Å²) in [5.41, 5.74) is 0.795. The van der Waals surface area contributed by atoms with E-state index < -0.39 is 0 Å². The Morgan fingerprint density at radius 1 is 1.40 bits per heavy atom. The van der Waals surface area contributed by atoms with Crippen LogP contribution >= 0.6 is 11.3 Å². The Morgan fingerprint density at radius 2 is 2.13 bits per heavy atom. The number of hydrogen-bond donors (Lipinski definition) is 0. The molecule has 15 heavy (non-hydrogen) atoms. The van der Waals surface area contributed by atoms with Crippen LogP contribution in [0.2, 0.25) is 0 Å². The number of rotatable bonds is 2. The maximum Gasteiger partial charge on any atom is 0.100 e. The molecule has 0 unspecified atom stereocenters. The highest BCUT2D eigenvalue weighted by molar-refractivity contribution is 7.10. The monoisotopic (exact) mass is 221 g/mol. The first-order valence-electron chi connectivity index (χ1n) is 5.16. The van der Waals surface area contributed by atoms with E-state index in [0.29, 0.717) is 0 Å². The molecule has 1 aromatic rings. The van der Waals surface area contributed by atoms with E-state index in [1.54, 1.807) is 11.3 Å². The zero-order valence-electron chi connectivity index (χ0n) is 8.94. The van der Waals surface area contributed by atoms with Crippen molar-refractivity contribution in [3.63, 3.8) is 0 Å². The topological polar surface area (TPSA) is 30.3 Å². The van der Waals surface area contributed by atoms with Crippen LogP contribution < -0.4 is 0 Å². The van der Waals surface area contributed by atoms with Crippen LogP contribution in [-0.4, -0.2) is 43.0 Å². The predicted molar refractivity (Wildman–Crippen MR) is 61.8 cm³/mol. The molecular formula is C11H15N3S. The molecular weight excluding hydrogens is 206 g/mol. The van der Waals surface area contributed by atoms with Crippen LogP contribution in [0.3, 0.4) is 0 Å². The minimum atomic E-state index is 0.795. The number of likely N-dealkylation sites (N-methyl/N-ethyl adjacent to an activating group) is 1. The van der Waals surface area contributed by atoms with E-state index in [2.05, 4.69) is 22.9 Å². The molecule has 0 amide bonds. The maximum absolute atomic E-state index is 8.73. The van der Waals surface area contributed by atoms with Crippen molar-refractivity contribution in [1.82, 2.24) is 9.80 Å². The SMILES string of the molecule is CN1CCN(Cc2cc(C#N)cs2)CC1. The lowest BCUT2D eigenvalue weighted by Crippen LogP contribution is -2.43. The Morgan fingerprint density at radius 3 is 2.73 bits per heavy atom. The van der Waals surface area contributed by atoms with Crippen LogP contribution in [0.15, 0.2) is 11.4 Å². The van der Waals surface area contributed by atoms with E-state index in [0.717, 1.165) is 38.3 Å². The quantitative estimate of drug-likeness (QED) is 0.755. The van der Waals surface area contributed by atoms with Gasteiger partial charge in [0.1, 0.15) is 6.07 Å². The fourth-order valence-corrected chi connectivity index (χ4v) is 2.60. The summed E-state index contributed by atoms with van der Waals surface area (Å²) >= 11 is 1.69. The minimum Gasteiger partial charge on any atom is -0.304 e. The summed E-state index contributed by atoms with van der Waals surface area (Å²) in [7, 11) is 2.16. The highest BCUT2D eigenvalue weighted by Crippen LogP contribution is 2.16. The molecule has 0 atom stereocenters. The summed E-state index contributed by atoms with van der Waals surface area (Å²) in [5, 5.41) is 10.7. The third kappa shape index (κ3) is 2.78. The van der Waals surface area contributed by atoms with Gasteiger partial charge in [-0.15, -0.1) is 11.3 Å². The molecule has 1 aliphatic rings. The van der Waals surface area contributed by atoms with Crippen LogP contribution in [0, 0.1) is 11.3 Å². The van der Waals surface area contributed by atoms with Gasteiger partial charge in [0.25, 0.3) is 0 Å². The van der Waals surface area contributed by atoms with Crippen molar-refractivity contribution in [1.29, 1.82) is 5.26 Å². The zero-order chi connectivity index (χ0) is 10.7. The summed E-state index contributed by atoms with van der Waals surface area (Å²) in [5.74, 6) is 0. The van der Waals surface area contributed by atoms with Crippen molar-refractivity contribution in [3.05, 3.63) is 21.9 Å². The summed E-state index contributed by atoms with van der Waals surface area (Å²) in [6, 6.07) is 4.18. The van der Waals surface area contributed by atoms with Gasteiger partial charge >= 0.3 is 0 Å². The molecule has 0 radical (unpaired) electrons. The van der Waals surface area contributed by atoms with Gasteiger partial charge in [-0.25, -0.2) is 0 Å². The molecule has 0 bridgehead atoms.